The summed E-state index contributed by atoms with van der Waals surface area (Å²) in [4.78, 5) is 23.1. The van der Waals surface area contributed by atoms with Crippen LogP contribution in [-0.4, -0.2) is 64.7 Å². The number of nitro groups is 1. The number of imidazole rings is 1. The number of thioether (sulfide) groups is 1. The van der Waals surface area contributed by atoms with E-state index in [4.69, 9.17) is 4.74 Å². The second-order valence-electron chi connectivity index (χ2n) is 6.44. The summed E-state index contributed by atoms with van der Waals surface area (Å²) in [6.07, 6.45) is -1.49. The van der Waals surface area contributed by atoms with Gasteiger partial charge >= 0.3 is 0 Å². The number of nitro benzene ring substituents is 1. The number of hydrogen-bond acceptors (Lipinski definition) is 10. The molecule has 3 aromatic rings. The molecule has 1 aliphatic heterocycles. The molecule has 3 heterocycles. The molecule has 0 spiro atoms. The smallest absolute Gasteiger partial charge is 0.269 e. The van der Waals surface area contributed by atoms with Crippen molar-refractivity contribution >= 4 is 28.6 Å². The Morgan fingerprint density at radius 3 is 2.59 bits per heavy atom. The molecular formula is C17H17N5O6S. The topological polar surface area (TPSA) is 157 Å². The van der Waals surface area contributed by atoms with Crippen LogP contribution in [0.2, 0.25) is 0 Å². The van der Waals surface area contributed by atoms with Crippen molar-refractivity contribution in [3.8, 4) is 0 Å². The average molecular weight is 419 g/mol. The highest BCUT2D eigenvalue weighted by Gasteiger charge is 2.44. The maximum Gasteiger partial charge on any atom is 0.269 e. The minimum absolute atomic E-state index is 0.0282. The normalized spacial score (nSPS) is 24.2. The molecule has 1 aromatic carbocycles. The molecule has 4 rings (SSSR count). The molecule has 11 nitrogen and oxygen atoms in total. The fraction of sp³-hybridized carbons (Fsp3) is 0.353. The van der Waals surface area contributed by atoms with Crippen molar-refractivity contribution in [1.29, 1.82) is 0 Å². The highest BCUT2D eigenvalue weighted by molar-refractivity contribution is 7.98. The zero-order valence-corrected chi connectivity index (χ0v) is 15.7. The number of aliphatic hydroxyl groups is 3. The Bertz CT molecular complexity index is 1030. The molecule has 2 aromatic heterocycles. The van der Waals surface area contributed by atoms with Gasteiger partial charge in [0.2, 0.25) is 0 Å². The number of ether oxygens (including phenoxy) is 1. The first-order valence-corrected chi connectivity index (χ1v) is 9.64. The fourth-order valence-corrected chi connectivity index (χ4v) is 4.00. The van der Waals surface area contributed by atoms with Crippen LogP contribution in [0.1, 0.15) is 11.8 Å². The largest absolute Gasteiger partial charge is 0.394 e. The van der Waals surface area contributed by atoms with Crippen LogP contribution in [0.5, 0.6) is 0 Å². The van der Waals surface area contributed by atoms with Gasteiger partial charge in [-0.05, 0) is 5.56 Å². The van der Waals surface area contributed by atoms with Crippen LogP contribution in [0.3, 0.4) is 0 Å². The molecule has 0 bridgehead atoms. The predicted molar refractivity (Wildman–Crippen MR) is 101 cm³/mol. The van der Waals surface area contributed by atoms with Crippen LogP contribution in [0.15, 0.2) is 41.9 Å². The van der Waals surface area contributed by atoms with E-state index in [9.17, 15) is 25.4 Å². The number of rotatable bonds is 6. The van der Waals surface area contributed by atoms with E-state index in [2.05, 4.69) is 15.0 Å². The van der Waals surface area contributed by atoms with Gasteiger partial charge in [-0.25, -0.2) is 15.0 Å². The van der Waals surface area contributed by atoms with E-state index >= 15 is 0 Å². The van der Waals surface area contributed by atoms with Crippen molar-refractivity contribution in [1.82, 2.24) is 19.5 Å². The summed E-state index contributed by atoms with van der Waals surface area (Å²) < 4.78 is 7.03. The van der Waals surface area contributed by atoms with E-state index in [1.54, 1.807) is 12.1 Å². The van der Waals surface area contributed by atoms with Crippen molar-refractivity contribution < 1.29 is 25.0 Å². The summed E-state index contributed by atoms with van der Waals surface area (Å²) >= 11 is 1.39. The first-order chi connectivity index (χ1) is 14.0. The molecule has 1 aliphatic rings. The van der Waals surface area contributed by atoms with Crippen LogP contribution in [0.4, 0.5) is 5.69 Å². The molecule has 0 aliphatic carbocycles. The summed E-state index contributed by atoms with van der Waals surface area (Å²) in [5.74, 6) is 0.519. The van der Waals surface area contributed by atoms with Gasteiger partial charge < -0.3 is 20.1 Å². The van der Waals surface area contributed by atoms with Gasteiger partial charge in [0, 0.05) is 17.9 Å². The third kappa shape index (κ3) is 3.68. The number of nitrogens with zero attached hydrogens (tertiary/aromatic N) is 5. The van der Waals surface area contributed by atoms with E-state index in [-0.39, 0.29) is 5.69 Å². The quantitative estimate of drug-likeness (QED) is 0.224. The zero-order chi connectivity index (χ0) is 20.5. The molecule has 12 heteroatoms. The molecule has 1 fully saturated rings. The first kappa shape index (κ1) is 19.7. The Labute approximate surface area is 168 Å². The van der Waals surface area contributed by atoms with Crippen molar-refractivity contribution in [3.63, 3.8) is 0 Å². The third-order valence-corrected chi connectivity index (χ3v) is 5.69. The van der Waals surface area contributed by atoms with Crippen LogP contribution >= 0.6 is 11.8 Å². The number of hydrogen-bond donors (Lipinski definition) is 3. The van der Waals surface area contributed by atoms with Crippen LogP contribution in [-0.2, 0) is 10.5 Å². The minimum atomic E-state index is -1.24. The minimum Gasteiger partial charge on any atom is -0.394 e. The molecule has 29 heavy (non-hydrogen) atoms. The molecule has 1 saturated heterocycles. The zero-order valence-electron chi connectivity index (χ0n) is 14.9. The number of fused-ring (bicyclic) bond motifs is 1. The van der Waals surface area contributed by atoms with Crippen LogP contribution < -0.4 is 0 Å². The standard InChI is InChI=1S/C17H17N5O6S/c23-5-11-13(24)14(25)17(28-11)21-8-20-12-15(21)18-7-19-16(12)29-6-9-1-3-10(4-2-9)22(26)27/h1-4,7-8,11,13-14,17,23-25H,5-6H2/t11-,13+,14+,17-/m1/s1. The van der Waals surface area contributed by atoms with Gasteiger partial charge in [-0.3, -0.25) is 14.7 Å². The number of aliphatic hydroxyl groups excluding tert-OH is 3. The van der Waals surface area contributed by atoms with E-state index in [0.717, 1.165) is 5.56 Å². The van der Waals surface area contributed by atoms with E-state index in [1.165, 1.54) is 41.1 Å². The van der Waals surface area contributed by atoms with Gasteiger partial charge in [-0.1, -0.05) is 23.9 Å². The lowest BCUT2D eigenvalue weighted by molar-refractivity contribution is -0.384. The van der Waals surface area contributed by atoms with Gasteiger partial charge in [0.15, 0.2) is 11.9 Å². The Morgan fingerprint density at radius 2 is 1.93 bits per heavy atom. The van der Waals surface area contributed by atoms with E-state index < -0.39 is 36.1 Å². The van der Waals surface area contributed by atoms with Gasteiger partial charge in [-0.15, -0.1) is 0 Å². The molecule has 0 amide bonds. The second kappa shape index (κ2) is 8.00. The second-order valence-corrected chi connectivity index (χ2v) is 7.41. The molecule has 3 N–H and O–H groups in total. The van der Waals surface area contributed by atoms with E-state index in [1.807, 2.05) is 0 Å². The summed E-state index contributed by atoms with van der Waals surface area (Å²) in [6.45, 7) is -0.424. The Morgan fingerprint density at radius 1 is 1.17 bits per heavy atom. The lowest BCUT2D eigenvalue weighted by Crippen LogP contribution is -2.33. The lowest BCUT2D eigenvalue weighted by Gasteiger charge is -2.16. The maximum absolute atomic E-state index is 10.7. The summed E-state index contributed by atoms with van der Waals surface area (Å²) in [5.41, 5.74) is 1.83. The van der Waals surface area contributed by atoms with Gasteiger partial charge in [0.25, 0.3) is 5.69 Å². The first-order valence-electron chi connectivity index (χ1n) is 8.65. The van der Waals surface area contributed by atoms with Crippen molar-refractivity contribution in [2.45, 2.75) is 35.3 Å². The molecule has 0 unspecified atom stereocenters. The molecule has 152 valence electrons. The fourth-order valence-electron chi connectivity index (χ4n) is 3.10. The molecule has 0 radical (unpaired) electrons. The van der Waals surface area contributed by atoms with Crippen molar-refractivity contribution in [3.05, 3.63) is 52.6 Å². The summed E-state index contributed by atoms with van der Waals surface area (Å²) in [5, 5.41) is 40.8. The maximum atomic E-state index is 10.7. The SMILES string of the molecule is O=[N+]([O-])c1ccc(CSc2ncnc3c2ncn3[C@@H]2O[C@H](CO)[C@H](O)[C@@H]2O)cc1. The van der Waals surface area contributed by atoms with Crippen LogP contribution in [0, 0.1) is 10.1 Å². The average Bonchev–Trinajstić information content (AvgIpc) is 3.28. The highest BCUT2D eigenvalue weighted by Crippen LogP contribution is 2.33. The van der Waals surface area contributed by atoms with Gasteiger partial charge in [0.1, 0.15) is 35.2 Å². The molecule has 4 atom stereocenters. The Hall–Kier alpha value is -2.64. The van der Waals surface area contributed by atoms with Crippen LogP contribution in [0.25, 0.3) is 11.2 Å². The predicted octanol–water partition coefficient (Wildman–Crippen LogP) is 0.638. The third-order valence-electron chi connectivity index (χ3n) is 4.64. The number of aromatic nitrogens is 4. The number of benzene rings is 1. The molecule has 0 saturated carbocycles. The summed E-state index contributed by atoms with van der Waals surface area (Å²) in [7, 11) is 0. The Kier molecular flexibility index (Phi) is 5.43. The Balaban J connectivity index is 1.55. The van der Waals surface area contributed by atoms with Gasteiger partial charge in [-0.2, -0.15) is 0 Å². The van der Waals surface area contributed by atoms with Crippen molar-refractivity contribution in [2.75, 3.05) is 6.61 Å². The number of non-ortho nitro benzene ring substituents is 1. The van der Waals surface area contributed by atoms with Crippen molar-refractivity contribution in [2.24, 2.45) is 0 Å². The molecular weight excluding hydrogens is 402 g/mol. The highest BCUT2D eigenvalue weighted by atomic mass is 32.2. The van der Waals surface area contributed by atoms with E-state index in [0.29, 0.717) is 21.9 Å². The monoisotopic (exact) mass is 419 g/mol. The summed E-state index contributed by atoms with van der Waals surface area (Å²) in [6, 6.07) is 6.26. The van der Waals surface area contributed by atoms with Gasteiger partial charge in [0.05, 0.1) is 17.9 Å². The lowest BCUT2D eigenvalue weighted by atomic mass is 10.1.